The maximum absolute atomic E-state index is 12.8. The lowest BCUT2D eigenvalue weighted by molar-refractivity contribution is -0.282. The minimum atomic E-state index is -1.75. The van der Waals surface area contributed by atoms with Crippen LogP contribution in [0.15, 0.2) is 45.6 Å². The van der Waals surface area contributed by atoms with Crippen LogP contribution in [0.5, 0.6) is 23.0 Å². The first-order valence-corrected chi connectivity index (χ1v) is 11.7. The summed E-state index contributed by atoms with van der Waals surface area (Å²) in [6.07, 6.45) is -7.95. The molecule has 2 heterocycles. The van der Waals surface area contributed by atoms with Gasteiger partial charge in [-0.2, -0.15) is 0 Å². The van der Waals surface area contributed by atoms with Gasteiger partial charge in [0.25, 0.3) is 0 Å². The standard InChI is InChI=1S/C26H26O13/c1-11(27)35-10-19-22(31)24(33)25(36-12(2)28)26(39-19)38-18-9-17-20(23(32)21(18)30)15(29)8-16(37-17)13-4-6-14(34-3)7-5-13/h4-9,19,22,24-26,30-33H,10H2,1-3H3/t19-,22+,24+,25-,26-/m1/s1. The first kappa shape index (κ1) is 27.7. The third-order valence-electron chi connectivity index (χ3n) is 5.95. The number of rotatable bonds is 7. The smallest absolute Gasteiger partial charge is 0.303 e. The van der Waals surface area contributed by atoms with Gasteiger partial charge in [0.05, 0.1) is 7.11 Å². The Hall–Kier alpha value is -4.33. The normalized spacial score (nSPS) is 22.7. The van der Waals surface area contributed by atoms with Crippen LogP contribution in [0.2, 0.25) is 0 Å². The number of hydrogen-bond donors (Lipinski definition) is 4. The number of fused-ring (bicyclic) bond motifs is 1. The van der Waals surface area contributed by atoms with E-state index < -0.39 is 71.9 Å². The first-order valence-electron chi connectivity index (χ1n) is 11.7. The summed E-state index contributed by atoms with van der Waals surface area (Å²) in [4.78, 5) is 35.7. The zero-order valence-corrected chi connectivity index (χ0v) is 21.0. The second-order valence-electron chi connectivity index (χ2n) is 8.67. The number of methoxy groups -OCH3 is 1. The van der Waals surface area contributed by atoms with Crippen LogP contribution >= 0.6 is 0 Å². The van der Waals surface area contributed by atoms with E-state index in [0.717, 1.165) is 26.0 Å². The average Bonchev–Trinajstić information content (AvgIpc) is 2.89. The average molecular weight is 546 g/mol. The topological polar surface area (TPSA) is 191 Å². The van der Waals surface area contributed by atoms with Gasteiger partial charge in [-0.05, 0) is 24.3 Å². The van der Waals surface area contributed by atoms with Crippen LogP contribution in [-0.4, -0.2) is 76.8 Å². The molecule has 0 unspecified atom stereocenters. The molecule has 0 bridgehead atoms. The van der Waals surface area contributed by atoms with Gasteiger partial charge in [-0.15, -0.1) is 0 Å². The molecule has 13 heteroatoms. The van der Waals surface area contributed by atoms with Crippen molar-refractivity contribution in [2.45, 2.75) is 44.6 Å². The first-order chi connectivity index (χ1) is 18.5. The van der Waals surface area contributed by atoms with E-state index in [2.05, 4.69) is 0 Å². The Balaban J connectivity index is 1.73. The fourth-order valence-electron chi connectivity index (χ4n) is 4.04. The van der Waals surface area contributed by atoms with Crippen LogP contribution in [0.25, 0.3) is 22.3 Å². The van der Waals surface area contributed by atoms with Crippen molar-refractivity contribution < 1.29 is 58.1 Å². The van der Waals surface area contributed by atoms with Crippen molar-refractivity contribution in [3.05, 3.63) is 46.6 Å². The summed E-state index contributed by atoms with van der Waals surface area (Å²) in [7, 11) is 1.50. The Morgan fingerprint density at radius 1 is 0.974 bits per heavy atom. The maximum atomic E-state index is 12.8. The molecule has 1 fully saturated rings. The number of phenolic OH excluding ortho intramolecular Hbond substituents is 2. The number of phenols is 2. The fourth-order valence-corrected chi connectivity index (χ4v) is 4.04. The Morgan fingerprint density at radius 3 is 2.28 bits per heavy atom. The van der Waals surface area contributed by atoms with Crippen molar-refractivity contribution in [2.24, 2.45) is 0 Å². The van der Waals surface area contributed by atoms with E-state index in [-0.39, 0.29) is 16.7 Å². The second kappa shape index (κ2) is 11.2. The van der Waals surface area contributed by atoms with Crippen LogP contribution in [-0.2, 0) is 23.8 Å². The summed E-state index contributed by atoms with van der Waals surface area (Å²) >= 11 is 0. The number of aliphatic hydroxyl groups excluding tert-OH is 2. The highest BCUT2D eigenvalue weighted by Gasteiger charge is 2.48. The van der Waals surface area contributed by atoms with Gasteiger partial charge < -0.3 is 48.5 Å². The Morgan fingerprint density at radius 2 is 1.67 bits per heavy atom. The summed E-state index contributed by atoms with van der Waals surface area (Å²) < 4.78 is 32.1. The minimum absolute atomic E-state index is 0.137. The SMILES string of the molecule is COc1ccc(-c2cc(=O)c3c(O)c(O)c(O[C@@H]4O[C@H](COC(C)=O)[C@H](O)[C@H](O)[C@H]4OC(C)=O)cc3o2)cc1. The van der Waals surface area contributed by atoms with Gasteiger partial charge in [0.2, 0.25) is 12.0 Å². The molecule has 0 amide bonds. The van der Waals surface area contributed by atoms with Gasteiger partial charge in [0.15, 0.2) is 23.0 Å². The zero-order valence-electron chi connectivity index (χ0n) is 21.0. The molecule has 1 aliphatic rings. The van der Waals surface area contributed by atoms with Crippen LogP contribution in [0.1, 0.15) is 13.8 Å². The molecule has 4 N–H and O–H groups in total. The lowest BCUT2D eigenvalue weighted by atomic mass is 9.99. The number of ether oxygens (including phenoxy) is 5. The van der Waals surface area contributed by atoms with Gasteiger partial charge in [-0.3, -0.25) is 14.4 Å². The fraction of sp³-hybridized carbons (Fsp3) is 0.346. The summed E-state index contributed by atoms with van der Waals surface area (Å²) in [5, 5.41) is 41.9. The van der Waals surface area contributed by atoms with E-state index in [4.69, 9.17) is 28.1 Å². The number of carbonyl (C=O) groups excluding carboxylic acids is 2. The van der Waals surface area contributed by atoms with E-state index >= 15 is 0 Å². The van der Waals surface area contributed by atoms with Gasteiger partial charge in [0.1, 0.15) is 47.4 Å². The molecule has 5 atom stereocenters. The third kappa shape index (κ3) is 5.74. The molecule has 39 heavy (non-hydrogen) atoms. The number of esters is 2. The van der Waals surface area contributed by atoms with Gasteiger partial charge in [0, 0.05) is 31.5 Å². The molecule has 13 nitrogen and oxygen atoms in total. The number of aliphatic hydroxyl groups is 2. The molecule has 0 aliphatic carbocycles. The lowest BCUT2D eigenvalue weighted by Gasteiger charge is -2.41. The van der Waals surface area contributed by atoms with Crippen molar-refractivity contribution in [3.63, 3.8) is 0 Å². The third-order valence-corrected chi connectivity index (χ3v) is 5.95. The Bertz CT molecular complexity index is 1430. The van der Waals surface area contributed by atoms with Crippen molar-refractivity contribution in [1.29, 1.82) is 0 Å². The van der Waals surface area contributed by atoms with E-state index in [1.807, 2.05) is 0 Å². The predicted octanol–water partition coefficient (Wildman–Crippen LogP) is 1.20. The number of carbonyl (C=O) groups is 2. The maximum Gasteiger partial charge on any atom is 0.303 e. The van der Waals surface area contributed by atoms with Crippen LogP contribution < -0.4 is 14.9 Å². The van der Waals surface area contributed by atoms with E-state index in [1.165, 1.54) is 7.11 Å². The molecule has 3 aromatic rings. The van der Waals surface area contributed by atoms with E-state index in [1.54, 1.807) is 24.3 Å². The number of hydrogen-bond acceptors (Lipinski definition) is 13. The Kier molecular flexibility index (Phi) is 7.95. The molecule has 2 aromatic carbocycles. The molecule has 208 valence electrons. The molecular weight excluding hydrogens is 520 g/mol. The predicted molar refractivity (Wildman–Crippen MR) is 131 cm³/mol. The molecule has 0 spiro atoms. The monoisotopic (exact) mass is 546 g/mol. The Labute approximate surface area is 220 Å². The van der Waals surface area contributed by atoms with Gasteiger partial charge in [-0.25, -0.2) is 0 Å². The highest BCUT2D eigenvalue weighted by molar-refractivity contribution is 5.89. The van der Waals surface area contributed by atoms with Crippen molar-refractivity contribution >= 4 is 22.9 Å². The van der Waals surface area contributed by atoms with Crippen molar-refractivity contribution in [2.75, 3.05) is 13.7 Å². The zero-order chi connectivity index (χ0) is 28.4. The van der Waals surface area contributed by atoms with Crippen molar-refractivity contribution in [1.82, 2.24) is 0 Å². The van der Waals surface area contributed by atoms with Crippen LogP contribution in [0, 0.1) is 0 Å². The van der Waals surface area contributed by atoms with Crippen LogP contribution in [0.3, 0.4) is 0 Å². The van der Waals surface area contributed by atoms with E-state index in [9.17, 15) is 34.8 Å². The highest BCUT2D eigenvalue weighted by atomic mass is 16.7. The molecular formula is C26H26O13. The van der Waals surface area contributed by atoms with Crippen LogP contribution in [0.4, 0.5) is 0 Å². The summed E-state index contributed by atoms with van der Waals surface area (Å²) in [5.41, 5.74) is -0.315. The molecule has 1 aliphatic heterocycles. The molecule has 0 saturated carbocycles. The summed E-state index contributed by atoms with van der Waals surface area (Å²) in [6.45, 7) is 1.70. The largest absolute Gasteiger partial charge is 0.504 e. The van der Waals surface area contributed by atoms with Gasteiger partial charge in [-0.1, -0.05) is 0 Å². The number of aromatic hydroxyl groups is 2. The molecule has 1 aromatic heterocycles. The molecule has 0 radical (unpaired) electrons. The molecule has 1 saturated heterocycles. The lowest BCUT2D eigenvalue weighted by Crippen LogP contribution is -2.61. The minimum Gasteiger partial charge on any atom is -0.504 e. The summed E-state index contributed by atoms with van der Waals surface area (Å²) in [6, 6.07) is 8.85. The van der Waals surface area contributed by atoms with E-state index in [0.29, 0.717) is 11.3 Å². The highest BCUT2D eigenvalue weighted by Crippen LogP contribution is 2.43. The quantitative estimate of drug-likeness (QED) is 0.244. The summed E-state index contributed by atoms with van der Waals surface area (Å²) in [5.74, 6) is -3.00. The molecule has 4 rings (SSSR count). The van der Waals surface area contributed by atoms with Crippen molar-refractivity contribution in [3.8, 4) is 34.3 Å². The second-order valence-corrected chi connectivity index (χ2v) is 8.67. The van der Waals surface area contributed by atoms with Gasteiger partial charge >= 0.3 is 11.9 Å². The number of benzene rings is 2.